The van der Waals surface area contributed by atoms with Crippen molar-refractivity contribution in [3.05, 3.63) is 41.5 Å². The maximum Gasteiger partial charge on any atom is 0.160 e. The first-order valence-corrected chi connectivity index (χ1v) is 5.42. The van der Waals surface area contributed by atoms with Crippen molar-refractivity contribution < 1.29 is 9.53 Å². The van der Waals surface area contributed by atoms with E-state index in [4.69, 9.17) is 4.74 Å². The third kappa shape index (κ3) is 3.74. The first-order valence-electron chi connectivity index (χ1n) is 5.42. The Morgan fingerprint density at radius 3 is 2.53 bits per heavy atom. The molecule has 1 aromatic carbocycles. The highest BCUT2D eigenvalue weighted by Crippen LogP contribution is 2.24. The third-order valence-electron chi connectivity index (χ3n) is 2.70. The van der Waals surface area contributed by atoms with Crippen LogP contribution in [0.4, 0.5) is 0 Å². The molecule has 2 heteroatoms. The van der Waals surface area contributed by atoms with Gasteiger partial charge in [-0.15, -0.1) is 6.58 Å². The predicted molar refractivity (Wildman–Crippen MR) is 73.0 cm³/mol. The van der Waals surface area contributed by atoms with Crippen LogP contribution >= 0.6 is 0 Å². The first-order chi connectivity index (χ1) is 7.57. The molecule has 0 radical (unpaired) electrons. The van der Waals surface area contributed by atoms with Crippen molar-refractivity contribution >= 4 is 5.78 Å². The van der Waals surface area contributed by atoms with Gasteiger partial charge >= 0.3 is 0 Å². The maximum absolute atomic E-state index is 11.3. The highest BCUT2D eigenvalue weighted by Gasteiger charge is 2.09. The SMILES string of the molecule is C.C=CCCOc1ccc(C(C)=O)c(C)c1C. The van der Waals surface area contributed by atoms with Crippen LogP contribution in [0.1, 0.15) is 42.3 Å². The average molecular weight is 234 g/mol. The minimum atomic E-state index is 0. The Kier molecular flexibility index (Phi) is 6.26. The summed E-state index contributed by atoms with van der Waals surface area (Å²) in [6, 6.07) is 3.69. The predicted octanol–water partition coefficient (Wildman–Crippen LogP) is 4.10. The van der Waals surface area contributed by atoms with E-state index in [-0.39, 0.29) is 13.2 Å². The maximum atomic E-state index is 11.3. The molecule has 0 aliphatic carbocycles. The zero-order valence-corrected chi connectivity index (χ0v) is 10.2. The molecule has 0 spiro atoms. The van der Waals surface area contributed by atoms with E-state index in [9.17, 15) is 4.79 Å². The second-order valence-electron chi connectivity index (χ2n) is 3.84. The van der Waals surface area contributed by atoms with Crippen molar-refractivity contribution in [2.75, 3.05) is 6.61 Å². The molecule has 0 fully saturated rings. The van der Waals surface area contributed by atoms with E-state index >= 15 is 0 Å². The number of ether oxygens (including phenoxy) is 1. The van der Waals surface area contributed by atoms with Crippen molar-refractivity contribution in [3.8, 4) is 5.75 Å². The summed E-state index contributed by atoms with van der Waals surface area (Å²) in [5.41, 5.74) is 2.81. The lowest BCUT2D eigenvalue weighted by molar-refractivity contribution is 0.101. The molecule has 94 valence electrons. The van der Waals surface area contributed by atoms with Gasteiger partial charge in [0.05, 0.1) is 6.61 Å². The molecule has 2 nitrogen and oxygen atoms in total. The van der Waals surface area contributed by atoms with Gasteiger partial charge in [-0.3, -0.25) is 4.79 Å². The molecular formula is C15H22O2. The number of benzene rings is 1. The Labute approximate surface area is 104 Å². The van der Waals surface area contributed by atoms with E-state index in [1.165, 1.54) is 0 Å². The zero-order valence-electron chi connectivity index (χ0n) is 10.2. The average Bonchev–Trinajstić information content (AvgIpc) is 2.24. The monoisotopic (exact) mass is 234 g/mol. The van der Waals surface area contributed by atoms with Gasteiger partial charge in [-0.2, -0.15) is 0 Å². The summed E-state index contributed by atoms with van der Waals surface area (Å²) in [6.45, 7) is 9.78. The summed E-state index contributed by atoms with van der Waals surface area (Å²) in [7, 11) is 0. The minimum Gasteiger partial charge on any atom is -0.493 e. The standard InChI is InChI=1S/C14H18O2.CH4/c1-5-6-9-16-14-8-7-13(12(4)15)10(2)11(14)3;/h5,7-8H,1,6,9H2,2-4H3;1H4. The van der Waals surface area contributed by atoms with Gasteiger partial charge in [0.1, 0.15) is 5.75 Å². The normalized spacial score (nSPS) is 9.35. The molecule has 0 saturated carbocycles. The minimum absolute atomic E-state index is 0. The molecule has 0 N–H and O–H groups in total. The number of ketones is 1. The molecule has 0 bridgehead atoms. The summed E-state index contributed by atoms with van der Waals surface area (Å²) in [4.78, 5) is 11.3. The lowest BCUT2D eigenvalue weighted by atomic mass is 10.00. The zero-order chi connectivity index (χ0) is 12.1. The van der Waals surface area contributed by atoms with Crippen molar-refractivity contribution in [1.29, 1.82) is 0 Å². The van der Waals surface area contributed by atoms with E-state index < -0.39 is 0 Å². The fourth-order valence-electron chi connectivity index (χ4n) is 1.59. The van der Waals surface area contributed by atoms with Crippen LogP contribution in [0.25, 0.3) is 0 Å². The topological polar surface area (TPSA) is 26.3 Å². The quantitative estimate of drug-likeness (QED) is 0.435. The van der Waals surface area contributed by atoms with Crippen LogP contribution in [0, 0.1) is 13.8 Å². The number of rotatable bonds is 5. The van der Waals surface area contributed by atoms with Gasteiger partial charge < -0.3 is 4.74 Å². The molecule has 0 aliphatic heterocycles. The van der Waals surface area contributed by atoms with E-state index in [0.29, 0.717) is 6.61 Å². The second-order valence-corrected chi connectivity index (χ2v) is 3.84. The van der Waals surface area contributed by atoms with Gasteiger partial charge in [-0.25, -0.2) is 0 Å². The molecule has 0 aliphatic rings. The fourth-order valence-corrected chi connectivity index (χ4v) is 1.59. The summed E-state index contributed by atoms with van der Waals surface area (Å²) in [5.74, 6) is 0.947. The van der Waals surface area contributed by atoms with Crippen LogP contribution in [0.15, 0.2) is 24.8 Å². The number of carbonyl (C=O) groups excluding carboxylic acids is 1. The molecule has 0 saturated heterocycles. The summed E-state index contributed by atoms with van der Waals surface area (Å²) in [5, 5.41) is 0. The molecule has 17 heavy (non-hydrogen) atoms. The fraction of sp³-hybridized carbons (Fsp3) is 0.400. The Balaban J connectivity index is 0.00000256. The first kappa shape index (κ1) is 15.4. The molecule has 0 amide bonds. The van der Waals surface area contributed by atoms with E-state index in [1.807, 2.05) is 32.1 Å². The van der Waals surface area contributed by atoms with E-state index in [2.05, 4.69) is 6.58 Å². The Morgan fingerprint density at radius 1 is 1.35 bits per heavy atom. The number of Topliss-reactive ketones (excluding diaryl/α,β-unsaturated/α-hetero) is 1. The van der Waals surface area contributed by atoms with Crippen molar-refractivity contribution in [3.63, 3.8) is 0 Å². The smallest absolute Gasteiger partial charge is 0.160 e. The van der Waals surface area contributed by atoms with Crippen LogP contribution < -0.4 is 4.74 Å². The number of hydrogen-bond donors (Lipinski definition) is 0. The number of carbonyl (C=O) groups is 1. The van der Waals surface area contributed by atoms with Gasteiger partial charge in [0.2, 0.25) is 0 Å². The van der Waals surface area contributed by atoms with Crippen LogP contribution in [-0.2, 0) is 0 Å². The Hall–Kier alpha value is -1.57. The summed E-state index contributed by atoms with van der Waals surface area (Å²) < 4.78 is 5.61. The number of hydrogen-bond acceptors (Lipinski definition) is 2. The molecular weight excluding hydrogens is 212 g/mol. The highest BCUT2D eigenvalue weighted by atomic mass is 16.5. The Bertz CT molecular complexity index is 406. The largest absolute Gasteiger partial charge is 0.493 e. The molecule has 1 rings (SSSR count). The molecule has 0 aromatic heterocycles. The van der Waals surface area contributed by atoms with Crippen LogP contribution in [0.3, 0.4) is 0 Å². The van der Waals surface area contributed by atoms with Crippen LogP contribution in [-0.4, -0.2) is 12.4 Å². The van der Waals surface area contributed by atoms with Gasteiger partial charge in [-0.1, -0.05) is 13.5 Å². The van der Waals surface area contributed by atoms with Crippen molar-refractivity contribution in [2.24, 2.45) is 0 Å². The van der Waals surface area contributed by atoms with E-state index in [0.717, 1.165) is 28.9 Å². The molecule has 0 heterocycles. The Morgan fingerprint density at radius 2 is 2.00 bits per heavy atom. The second kappa shape index (κ2) is 6.89. The van der Waals surface area contributed by atoms with Gasteiger partial charge in [0.25, 0.3) is 0 Å². The summed E-state index contributed by atoms with van der Waals surface area (Å²) >= 11 is 0. The van der Waals surface area contributed by atoms with Crippen LogP contribution in [0.2, 0.25) is 0 Å². The lowest BCUT2D eigenvalue weighted by Crippen LogP contribution is -2.02. The third-order valence-corrected chi connectivity index (χ3v) is 2.70. The van der Waals surface area contributed by atoms with Gasteiger partial charge in [-0.05, 0) is 50.5 Å². The molecule has 1 aromatic rings. The van der Waals surface area contributed by atoms with Crippen molar-refractivity contribution in [1.82, 2.24) is 0 Å². The molecule has 0 atom stereocenters. The van der Waals surface area contributed by atoms with Crippen LogP contribution in [0.5, 0.6) is 5.75 Å². The van der Waals surface area contributed by atoms with Gasteiger partial charge in [0.15, 0.2) is 5.78 Å². The summed E-state index contributed by atoms with van der Waals surface area (Å²) in [6.07, 6.45) is 2.65. The van der Waals surface area contributed by atoms with Gasteiger partial charge in [0, 0.05) is 5.56 Å². The highest BCUT2D eigenvalue weighted by molar-refractivity contribution is 5.96. The lowest BCUT2D eigenvalue weighted by Gasteiger charge is -2.12. The molecule has 0 unspecified atom stereocenters. The van der Waals surface area contributed by atoms with Crippen molar-refractivity contribution in [2.45, 2.75) is 34.6 Å². The van der Waals surface area contributed by atoms with E-state index in [1.54, 1.807) is 6.92 Å².